The zero-order valence-corrected chi connectivity index (χ0v) is 13.9. The largest absolute Gasteiger partial charge is 0.224 e. The van der Waals surface area contributed by atoms with Gasteiger partial charge in [-0.25, -0.2) is 17.2 Å². The van der Waals surface area contributed by atoms with Crippen LogP contribution in [0.5, 0.6) is 0 Å². The van der Waals surface area contributed by atoms with Crippen LogP contribution in [0.4, 0.5) is 8.78 Å². The van der Waals surface area contributed by atoms with Crippen molar-refractivity contribution in [2.24, 2.45) is 5.92 Å². The minimum atomic E-state index is -3.78. The van der Waals surface area contributed by atoms with Crippen molar-refractivity contribution in [1.29, 1.82) is 0 Å². The van der Waals surface area contributed by atoms with Crippen LogP contribution in [0.25, 0.3) is 5.57 Å². The molecule has 1 fully saturated rings. The van der Waals surface area contributed by atoms with Crippen molar-refractivity contribution >= 4 is 15.4 Å². The summed E-state index contributed by atoms with van der Waals surface area (Å²) in [7, 11) is -3.78. The van der Waals surface area contributed by atoms with E-state index >= 15 is 0 Å². The Morgan fingerprint density at radius 3 is 2.35 bits per heavy atom. The molecule has 0 spiro atoms. The van der Waals surface area contributed by atoms with Crippen molar-refractivity contribution in [3.8, 4) is 0 Å². The molecule has 1 aromatic carbocycles. The van der Waals surface area contributed by atoms with Gasteiger partial charge in [0, 0.05) is 11.8 Å². The molecule has 2 aliphatic carbocycles. The summed E-state index contributed by atoms with van der Waals surface area (Å²) >= 11 is 0. The average Bonchev–Trinajstić information content (AvgIpc) is 2.98. The standard InChI is InChI=1S/C18H20F2O2S/c1-23(21,22)18-11-16(19)15(10-17(18)20)14-9-5-8-13(14)12-6-3-2-4-7-12/h8-12H,2-7H2,1H3. The summed E-state index contributed by atoms with van der Waals surface area (Å²) in [5.41, 5.74) is 1.99. The van der Waals surface area contributed by atoms with E-state index in [1.165, 1.54) is 19.3 Å². The third-order valence-corrected chi connectivity index (χ3v) is 5.84. The van der Waals surface area contributed by atoms with Crippen LogP contribution in [0.3, 0.4) is 0 Å². The molecule has 1 saturated carbocycles. The summed E-state index contributed by atoms with van der Waals surface area (Å²) in [6.07, 6.45) is 11.3. The van der Waals surface area contributed by atoms with E-state index in [4.69, 9.17) is 0 Å². The lowest BCUT2D eigenvalue weighted by molar-refractivity contribution is 0.410. The van der Waals surface area contributed by atoms with Gasteiger partial charge in [0.05, 0.1) is 0 Å². The van der Waals surface area contributed by atoms with Crippen LogP contribution in [0.1, 0.15) is 44.1 Å². The van der Waals surface area contributed by atoms with Crippen molar-refractivity contribution in [2.75, 3.05) is 6.26 Å². The van der Waals surface area contributed by atoms with E-state index in [2.05, 4.69) is 6.08 Å². The third-order valence-electron chi connectivity index (χ3n) is 4.73. The predicted octanol–water partition coefficient (Wildman–Crippen LogP) is 4.66. The topological polar surface area (TPSA) is 34.1 Å². The first kappa shape index (κ1) is 16.4. The van der Waals surface area contributed by atoms with Gasteiger partial charge in [-0.3, -0.25) is 0 Å². The van der Waals surface area contributed by atoms with Crippen LogP contribution in [-0.2, 0) is 9.84 Å². The molecule has 2 nitrogen and oxygen atoms in total. The Bertz CT molecular complexity index is 785. The fourth-order valence-corrected chi connectivity index (χ4v) is 4.35. The molecule has 3 rings (SSSR count). The Balaban J connectivity index is 1.99. The Labute approximate surface area is 135 Å². The van der Waals surface area contributed by atoms with Crippen molar-refractivity contribution in [1.82, 2.24) is 0 Å². The number of benzene rings is 1. The van der Waals surface area contributed by atoms with E-state index in [9.17, 15) is 17.2 Å². The summed E-state index contributed by atoms with van der Waals surface area (Å²) in [5, 5.41) is 0. The summed E-state index contributed by atoms with van der Waals surface area (Å²) in [6, 6.07) is 1.83. The molecule has 0 unspecified atom stereocenters. The number of rotatable bonds is 3. The Hall–Kier alpha value is -1.49. The molecule has 2 aliphatic rings. The molecule has 0 aliphatic heterocycles. The second-order valence-electron chi connectivity index (χ2n) is 6.38. The van der Waals surface area contributed by atoms with Gasteiger partial charge < -0.3 is 0 Å². The second-order valence-corrected chi connectivity index (χ2v) is 8.37. The summed E-state index contributed by atoms with van der Waals surface area (Å²) in [4.78, 5) is -0.583. The molecular formula is C18H20F2O2S. The molecule has 5 heteroatoms. The smallest absolute Gasteiger partial charge is 0.178 e. The number of hydrogen-bond acceptors (Lipinski definition) is 2. The van der Waals surface area contributed by atoms with E-state index in [0.717, 1.165) is 48.8 Å². The van der Waals surface area contributed by atoms with E-state index in [1.807, 2.05) is 6.08 Å². The highest BCUT2D eigenvalue weighted by atomic mass is 32.2. The lowest BCUT2D eigenvalue weighted by atomic mass is 9.80. The first-order valence-electron chi connectivity index (χ1n) is 7.98. The van der Waals surface area contributed by atoms with E-state index < -0.39 is 26.4 Å². The maximum atomic E-state index is 14.5. The van der Waals surface area contributed by atoms with E-state index in [-0.39, 0.29) is 5.56 Å². The van der Waals surface area contributed by atoms with Gasteiger partial charge in [-0.05, 0) is 48.5 Å². The van der Waals surface area contributed by atoms with Gasteiger partial charge in [0.2, 0.25) is 0 Å². The predicted molar refractivity (Wildman–Crippen MR) is 86.7 cm³/mol. The molecule has 0 amide bonds. The van der Waals surface area contributed by atoms with Crippen molar-refractivity contribution < 1.29 is 17.2 Å². The van der Waals surface area contributed by atoms with E-state index in [0.29, 0.717) is 5.92 Å². The van der Waals surface area contributed by atoms with Gasteiger partial charge in [-0.1, -0.05) is 31.4 Å². The van der Waals surface area contributed by atoms with Crippen LogP contribution in [0.15, 0.2) is 34.8 Å². The number of allylic oxidation sites excluding steroid dienone is 4. The molecule has 0 N–H and O–H groups in total. The van der Waals surface area contributed by atoms with Gasteiger partial charge in [-0.15, -0.1) is 0 Å². The number of hydrogen-bond donors (Lipinski definition) is 0. The molecule has 0 heterocycles. The van der Waals surface area contributed by atoms with Crippen LogP contribution < -0.4 is 0 Å². The molecular weight excluding hydrogens is 318 g/mol. The van der Waals surface area contributed by atoms with Crippen LogP contribution in [-0.4, -0.2) is 14.7 Å². The highest BCUT2D eigenvalue weighted by Gasteiger charge is 2.26. The molecule has 0 saturated heterocycles. The second kappa shape index (κ2) is 6.19. The zero-order valence-electron chi connectivity index (χ0n) is 13.1. The number of sulfone groups is 1. The summed E-state index contributed by atoms with van der Waals surface area (Å²) in [5.74, 6) is -1.17. The van der Waals surface area contributed by atoms with Crippen LogP contribution >= 0.6 is 0 Å². The molecule has 23 heavy (non-hydrogen) atoms. The van der Waals surface area contributed by atoms with Crippen molar-refractivity contribution in [2.45, 2.75) is 43.4 Å². The van der Waals surface area contributed by atoms with Gasteiger partial charge in [-0.2, -0.15) is 0 Å². The quantitative estimate of drug-likeness (QED) is 0.803. The fourth-order valence-electron chi connectivity index (χ4n) is 3.62. The normalized spacial score (nSPS) is 19.6. The minimum absolute atomic E-state index is 0.171. The molecule has 1 aromatic rings. The van der Waals surface area contributed by atoms with Crippen LogP contribution in [0, 0.1) is 17.6 Å². The Kier molecular flexibility index (Phi) is 4.41. The van der Waals surface area contributed by atoms with Gasteiger partial charge in [0.25, 0.3) is 0 Å². The molecule has 0 radical (unpaired) electrons. The number of halogens is 2. The van der Waals surface area contributed by atoms with Gasteiger partial charge in [0.1, 0.15) is 16.5 Å². The first-order chi connectivity index (χ1) is 10.9. The summed E-state index contributed by atoms with van der Waals surface area (Å²) in [6.45, 7) is 0. The average molecular weight is 338 g/mol. The minimum Gasteiger partial charge on any atom is -0.224 e. The van der Waals surface area contributed by atoms with Crippen molar-refractivity contribution in [3.63, 3.8) is 0 Å². The molecule has 0 atom stereocenters. The lowest BCUT2D eigenvalue weighted by Gasteiger charge is -2.25. The summed E-state index contributed by atoms with van der Waals surface area (Å²) < 4.78 is 51.6. The zero-order chi connectivity index (χ0) is 16.6. The highest BCUT2D eigenvalue weighted by molar-refractivity contribution is 7.90. The lowest BCUT2D eigenvalue weighted by Crippen LogP contribution is -2.11. The van der Waals surface area contributed by atoms with Crippen molar-refractivity contribution in [3.05, 3.63) is 47.1 Å². The van der Waals surface area contributed by atoms with E-state index in [1.54, 1.807) is 0 Å². The van der Waals surface area contributed by atoms with Gasteiger partial charge >= 0.3 is 0 Å². The maximum Gasteiger partial charge on any atom is 0.178 e. The molecule has 0 aromatic heterocycles. The van der Waals surface area contributed by atoms with Gasteiger partial charge in [0.15, 0.2) is 9.84 Å². The SMILES string of the molecule is CS(=O)(=O)c1cc(F)c(C2=CCC=C2C2CCCCC2)cc1F. The fraction of sp³-hybridized carbons (Fsp3) is 0.444. The third kappa shape index (κ3) is 3.25. The van der Waals surface area contributed by atoms with Crippen LogP contribution in [0.2, 0.25) is 0 Å². The molecule has 124 valence electrons. The monoisotopic (exact) mass is 338 g/mol. The Morgan fingerprint density at radius 2 is 1.70 bits per heavy atom. The maximum absolute atomic E-state index is 14.5. The highest BCUT2D eigenvalue weighted by Crippen LogP contribution is 2.41. The Morgan fingerprint density at radius 1 is 1.00 bits per heavy atom. The molecule has 0 bridgehead atoms. The first-order valence-corrected chi connectivity index (χ1v) is 9.87.